The number of nitrogens with zero attached hydrogens (tertiary/aromatic N) is 1. The number of rotatable bonds is 7. The molecular weight excluding hydrogens is 220 g/mol. The van der Waals surface area contributed by atoms with Gasteiger partial charge >= 0.3 is 0 Å². The van der Waals surface area contributed by atoms with E-state index in [1.54, 1.807) is 0 Å². The molecule has 0 unspecified atom stereocenters. The zero-order valence-electron chi connectivity index (χ0n) is 12.5. The fraction of sp³-hybridized carbons (Fsp3) is 0.625. The third-order valence-corrected chi connectivity index (χ3v) is 2.84. The Morgan fingerprint density at radius 2 is 1.78 bits per heavy atom. The summed E-state index contributed by atoms with van der Waals surface area (Å²) in [5.74, 6) is 0.723. The first-order chi connectivity index (χ1) is 8.47. The maximum absolute atomic E-state index is 3.46. The van der Waals surface area contributed by atoms with E-state index in [4.69, 9.17) is 0 Å². The molecule has 1 aromatic carbocycles. The van der Waals surface area contributed by atoms with Crippen LogP contribution in [0.4, 0.5) is 0 Å². The summed E-state index contributed by atoms with van der Waals surface area (Å²) in [6.45, 7) is 12.0. The lowest BCUT2D eigenvalue weighted by Gasteiger charge is -2.19. The van der Waals surface area contributed by atoms with Gasteiger partial charge in [-0.05, 0) is 24.1 Å². The maximum atomic E-state index is 3.46. The molecule has 0 atom stereocenters. The second kappa shape index (κ2) is 7.55. The summed E-state index contributed by atoms with van der Waals surface area (Å²) in [4.78, 5) is 2.39. The predicted molar refractivity (Wildman–Crippen MR) is 79.6 cm³/mol. The molecule has 0 saturated heterocycles. The van der Waals surface area contributed by atoms with E-state index in [-0.39, 0.29) is 0 Å². The van der Waals surface area contributed by atoms with Crippen LogP contribution in [0.2, 0.25) is 0 Å². The van der Waals surface area contributed by atoms with Crippen molar-refractivity contribution >= 4 is 0 Å². The van der Waals surface area contributed by atoms with E-state index < -0.39 is 0 Å². The van der Waals surface area contributed by atoms with Gasteiger partial charge in [0.2, 0.25) is 0 Å². The molecule has 0 saturated carbocycles. The van der Waals surface area contributed by atoms with E-state index >= 15 is 0 Å². The molecule has 0 aliphatic carbocycles. The van der Waals surface area contributed by atoms with Crippen molar-refractivity contribution in [3.8, 4) is 0 Å². The van der Waals surface area contributed by atoms with Crippen LogP contribution in [-0.4, -0.2) is 24.5 Å². The van der Waals surface area contributed by atoms with E-state index in [0.717, 1.165) is 25.6 Å². The van der Waals surface area contributed by atoms with Crippen LogP contribution in [0, 0.1) is 5.92 Å². The molecule has 2 heteroatoms. The molecule has 2 nitrogen and oxygen atoms in total. The summed E-state index contributed by atoms with van der Waals surface area (Å²) < 4.78 is 0. The third kappa shape index (κ3) is 6.18. The van der Waals surface area contributed by atoms with Crippen LogP contribution in [0.5, 0.6) is 0 Å². The maximum Gasteiger partial charge on any atom is 0.0230 e. The van der Waals surface area contributed by atoms with Gasteiger partial charge in [0, 0.05) is 25.7 Å². The first-order valence-electron chi connectivity index (χ1n) is 6.97. The van der Waals surface area contributed by atoms with Gasteiger partial charge in [-0.15, -0.1) is 0 Å². The minimum absolute atomic E-state index is 0.539. The topological polar surface area (TPSA) is 15.3 Å². The van der Waals surface area contributed by atoms with Crippen molar-refractivity contribution in [2.24, 2.45) is 5.92 Å². The van der Waals surface area contributed by atoms with Gasteiger partial charge in [-0.25, -0.2) is 0 Å². The van der Waals surface area contributed by atoms with Crippen LogP contribution in [0.15, 0.2) is 24.3 Å². The highest BCUT2D eigenvalue weighted by Gasteiger charge is 2.04. The molecule has 0 amide bonds. The summed E-state index contributed by atoms with van der Waals surface area (Å²) >= 11 is 0. The Balaban J connectivity index is 2.53. The summed E-state index contributed by atoms with van der Waals surface area (Å²) in [6, 6.07) is 9.43. The Morgan fingerprint density at radius 1 is 1.11 bits per heavy atom. The minimum Gasteiger partial charge on any atom is -0.310 e. The summed E-state index contributed by atoms with van der Waals surface area (Å²) in [5, 5.41) is 3.46. The Kier molecular flexibility index (Phi) is 6.37. The predicted octanol–water partition coefficient (Wildman–Crippen LogP) is 3.27. The van der Waals surface area contributed by atoms with Gasteiger partial charge in [0.15, 0.2) is 0 Å². The lowest BCUT2D eigenvalue weighted by Crippen LogP contribution is -2.23. The number of benzene rings is 1. The Morgan fingerprint density at radius 3 is 2.39 bits per heavy atom. The van der Waals surface area contributed by atoms with Gasteiger partial charge in [-0.2, -0.15) is 0 Å². The van der Waals surface area contributed by atoms with Crippen LogP contribution in [0.1, 0.15) is 38.8 Å². The molecule has 102 valence electrons. The van der Waals surface area contributed by atoms with Crippen LogP contribution in [-0.2, 0) is 13.1 Å². The van der Waals surface area contributed by atoms with Crippen LogP contribution in [0.25, 0.3) is 0 Å². The van der Waals surface area contributed by atoms with Crippen molar-refractivity contribution in [1.82, 2.24) is 10.2 Å². The highest BCUT2D eigenvalue weighted by molar-refractivity contribution is 5.23. The van der Waals surface area contributed by atoms with E-state index in [0.29, 0.717) is 6.04 Å². The van der Waals surface area contributed by atoms with Gasteiger partial charge in [-0.3, -0.25) is 0 Å². The third-order valence-electron chi connectivity index (χ3n) is 2.84. The van der Waals surface area contributed by atoms with Crippen molar-refractivity contribution in [3.05, 3.63) is 35.4 Å². The standard InChI is InChI=1S/C16H28N2/c1-13(2)11-18(5)12-16-8-6-7-15(9-16)10-17-14(3)4/h6-9,13-14,17H,10-12H2,1-5H3. The highest BCUT2D eigenvalue weighted by Crippen LogP contribution is 2.09. The Hall–Kier alpha value is -0.860. The van der Waals surface area contributed by atoms with Gasteiger partial charge in [-0.1, -0.05) is 52.0 Å². The molecule has 0 aromatic heterocycles. The molecule has 1 N–H and O–H groups in total. The van der Waals surface area contributed by atoms with Gasteiger partial charge in [0.25, 0.3) is 0 Å². The first kappa shape index (κ1) is 15.2. The van der Waals surface area contributed by atoms with Gasteiger partial charge in [0.1, 0.15) is 0 Å². The second-order valence-electron chi connectivity index (χ2n) is 5.95. The molecule has 0 bridgehead atoms. The van der Waals surface area contributed by atoms with Crippen molar-refractivity contribution in [2.45, 2.75) is 46.8 Å². The fourth-order valence-corrected chi connectivity index (χ4v) is 2.16. The van der Waals surface area contributed by atoms with Crippen LogP contribution < -0.4 is 5.32 Å². The zero-order chi connectivity index (χ0) is 13.5. The number of nitrogens with one attached hydrogen (secondary N) is 1. The highest BCUT2D eigenvalue weighted by atomic mass is 15.1. The van der Waals surface area contributed by atoms with Gasteiger partial charge < -0.3 is 10.2 Å². The van der Waals surface area contributed by atoms with E-state index in [1.807, 2.05) is 0 Å². The van der Waals surface area contributed by atoms with Gasteiger partial charge in [0.05, 0.1) is 0 Å². The molecular formula is C16H28N2. The van der Waals surface area contributed by atoms with Crippen molar-refractivity contribution in [3.63, 3.8) is 0 Å². The van der Waals surface area contributed by atoms with Crippen LogP contribution in [0.3, 0.4) is 0 Å². The van der Waals surface area contributed by atoms with Crippen molar-refractivity contribution in [1.29, 1.82) is 0 Å². The molecule has 1 rings (SSSR count). The van der Waals surface area contributed by atoms with Crippen LogP contribution >= 0.6 is 0 Å². The average molecular weight is 248 g/mol. The number of hydrogen-bond donors (Lipinski definition) is 1. The lowest BCUT2D eigenvalue weighted by molar-refractivity contribution is 0.288. The quantitative estimate of drug-likeness (QED) is 0.796. The number of hydrogen-bond acceptors (Lipinski definition) is 2. The molecule has 0 heterocycles. The van der Waals surface area contributed by atoms with E-state index in [2.05, 4.69) is 69.2 Å². The monoisotopic (exact) mass is 248 g/mol. The SMILES string of the molecule is CC(C)CN(C)Cc1cccc(CNC(C)C)c1. The smallest absolute Gasteiger partial charge is 0.0230 e. The summed E-state index contributed by atoms with van der Waals surface area (Å²) in [5.41, 5.74) is 2.78. The fourth-order valence-electron chi connectivity index (χ4n) is 2.16. The summed E-state index contributed by atoms with van der Waals surface area (Å²) in [6.07, 6.45) is 0. The Bertz CT molecular complexity index is 345. The zero-order valence-corrected chi connectivity index (χ0v) is 12.5. The summed E-state index contributed by atoms with van der Waals surface area (Å²) in [7, 11) is 2.19. The lowest BCUT2D eigenvalue weighted by atomic mass is 10.1. The van der Waals surface area contributed by atoms with E-state index in [1.165, 1.54) is 11.1 Å². The first-order valence-corrected chi connectivity index (χ1v) is 6.97. The molecule has 18 heavy (non-hydrogen) atoms. The second-order valence-corrected chi connectivity index (χ2v) is 5.95. The molecule has 0 radical (unpaired) electrons. The van der Waals surface area contributed by atoms with E-state index in [9.17, 15) is 0 Å². The average Bonchev–Trinajstić information content (AvgIpc) is 2.25. The molecule has 1 aromatic rings. The molecule has 0 aliphatic rings. The normalized spacial score (nSPS) is 11.8. The minimum atomic E-state index is 0.539. The molecule has 0 fully saturated rings. The Labute approximate surface area is 112 Å². The van der Waals surface area contributed by atoms with Crippen molar-refractivity contribution in [2.75, 3.05) is 13.6 Å². The molecule has 0 aliphatic heterocycles. The largest absolute Gasteiger partial charge is 0.310 e. The van der Waals surface area contributed by atoms with Crippen molar-refractivity contribution < 1.29 is 0 Å². The molecule has 0 spiro atoms.